The molecule has 7 nitrogen and oxygen atoms in total. The van der Waals surface area contributed by atoms with Crippen LogP contribution in [0.15, 0.2) is 41.2 Å². The lowest BCUT2D eigenvalue weighted by Gasteiger charge is -2.18. The van der Waals surface area contributed by atoms with Crippen LogP contribution < -0.4 is 24.3 Å². The van der Waals surface area contributed by atoms with Crippen molar-refractivity contribution in [2.75, 3.05) is 21.3 Å². The molecule has 0 saturated heterocycles. The summed E-state index contributed by atoms with van der Waals surface area (Å²) in [6.45, 7) is 6.52. The smallest absolute Gasteiger partial charge is 0.276 e. The van der Waals surface area contributed by atoms with Gasteiger partial charge < -0.3 is 14.2 Å². The summed E-state index contributed by atoms with van der Waals surface area (Å²) in [7, 11) is 4.63. The molecular formula is C24H25N3O4S. The Labute approximate surface area is 189 Å². The lowest BCUT2D eigenvalue weighted by atomic mass is 9.87. The summed E-state index contributed by atoms with van der Waals surface area (Å²) in [5.41, 5.74) is 2.75. The van der Waals surface area contributed by atoms with Gasteiger partial charge in [0.05, 0.1) is 25.9 Å². The van der Waals surface area contributed by atoms with Gasteiger partial charge in [-0.1, -0.05) is 56.4 Å². The Bertz CT molecular complexity index is 1360. The molecule has 2 aromatic heterocycles. The first-order valence-electron chi connectivity index (χ1n) is 10.1. The number of hydrogen-bond acceptors (Lipinski definition) is 7. The summed E-state index contributed by atoms with van der Waals surface area (Å²) < 4.78 is 18.4. The Balaban J connectivity index is 1.83. The van der Waals surface area contributed by atoms with Crippen molar-refractivity contribution in [1.29, 1.82) is 0 Å². The monoisotopic (exact) mass is 451 g/mol. The van der Waals surface area contributed by atoms with E-state index in [0.717, 1.165) is 5.56 Å². The highest BCUT2D eigenvalue weighted by Gasteiger charge is 2.19. The van der Waals surface area contributed by atoms with Gasteiger partial charge in [-0.3, -0.25) is 4.79 Å². The van der Waals surface area contributed by atoms with E-state index < -0.39 is 0 Å². The van der Waals surface area contributed by atoms with Crippen molar-refractivity contribution >= 4 is 22.4 Å². The second-order valence-electron chi connectivity index (χ2n) is 8.34. The number of fused-ring (bicyclic) bond motifs is 1. The summed E-state index contributed by atoms with van der Waals surface area (Å²) in [4.78, 5) is 13.7. The van der Waals surface area contributed by atoms with Gasteiger partial charge in [0.1, 0.15) is 0 Å². The topological polar surface area (TPSA) is 75.0 Å². The van der Waals surface area contributed by atoms with Crippen molar-refractivity contribution in [1.82, 2.24) is 14.6 Å². The Morgan fingerprint density at radius 3 is 2.09 bits per heavy atom. The molecule has 2 heterocycles. The summed E-state index contributed by atoms with van der Waals surface area (Å²) in [6.07, 6.45) is 1.88. The molecule has 166 valence electrons. The van der Waals surface area contributed by atoms with E-state index in [2.05, 4.69) is 43.1 Å². The van der Waals surface area contributed by atoms with Crippen molar-refractivity contribution in [3.63, 3.8) is 0 Å². The highest BCUT2D eigenvalue weighted by Crippen LogP contribution is 2.40. The predicted molar refractivity (Wildman–Crippen MR) is 126 cm³/mol. The van der Waals surface area contributed by atoms with Gasteiger partial charge in [0, 0.05) is 5.56 Å². The average Bonchev–Trinajstić information content (AvgIpc) is 3.32. The third-order valence-electron chi connectivity index (χ3n) is 5.25. The minimum atomic E-state index is -0.168. The molecule has 0 fully saturated rings. The molecule has 0 bridgehead atoms. The van der Waals surface area contributed by atoms with Crippen LogP contribution in [-0.4, -0.2) is 35.9 Å². The molecule has 0 aliphatic carbocycles. The van der Waals surface area contributed by atoms with Gasteiger partial charge in [0.25, 0.3) is 5.56 Å². The number of benzene rings is 2. The van der Waals surface area contributed by atoms with E-state index >= 15 is 0 Å². The molecule has 0 amide bonds. The van der Waals surface area contributed by atoms with E-state index in [-0.39, 0.29) is 11.0 Å². The van der Waals surface area contributed by atoms with Crippen molar-refractivity contribution in [2.24, 2.45) is 0 Å². The van der Waals surface area contributed by atoms with Crippen LogP contribution in [0.25, 0.3) is 22.4 Å². The van der Waals surface area contributed by atoms with Crippen LogP contribution in [0.4, 0.5) is 0 Å². The Kier molecular flexibility index (Phi) is 5.64. The third-order valence-corrected chi connectivity index (χ3v) is 6.21. The summed E-state index contributed by atoms with van der Waals surface area (Å²) in [6, 6.07) is 11.8. The maximum absolute atomic E-state index is 13.2. The van der Waals surface area contributed by atoms with Gasteiger partial charge in [-0.25, -0.2) is 4.40 Å². The summed E-state index contributed by atoms with van der Waals surface area (Å²) in [5.74, 6) is 1.85. The SMILES string of the molecule is COc1cc(-c2nnc3s/c(=C/c4ccc(C(C)(C)C)cc4)c(=O)n23)cc(OC)c1OC. The van der Waals surface area contributed by atoms with Crippen LogP contribution >= 0.6 is 11.3 Å². The fourth-order valence-corrected chi connectivity index (χ4v) is 4.40. The van der Waals surface area contributed by atoms with E-state index in [9.17, 15) is 4.79 Å². The number of rotatable bonds is 5. The largest absolute Gasteiger partial charge is 0.493 e. The van der Waals surface area contributed by atoms with Crippen LogP contribution in [0.3, 0.4) is 0 Å². The maximum atomic E-state index is 13.2. The molecule has 8 heteroatoms. The molecular weight excluding hydrogens is 426 g/mol. The Morgan fingerprint density at radius 2 is 1.56 bits per heavy atom. The number of methoxy groups -OCH3 is 3. The minimum absolute atomic E-state index is 0.0763. The van der Waals surface area contributed by atoms with Crippen LogP contribution in [-0.2, 0) is 5.41 Å². The van der Waals surface area contributed by atoms with E-state index in [1.165, 1.54) is 21.3 Å². The molecule has 32 heavy (non-hydrogen) atoms. The highest BCUT2D eigenvalue weighted by atomic mass is 32.1. The van der Waals surface area contributed by atoms with Gasteiger partial charge in [0.2, 0.25) is 10.7 Å². The first-order chi connectivity index (χ1) is 15.3. The van der Waals surface area contributed by atoms with E-state index in [4.69, 9.17) is 14.2 Å². The van der Waals surface area contributed by atoms with Gasteiger partial charge in [-0.2, -0.15) is 0 Å². The molecule has 0 atom stereocenters. The normalized spacial score (nSPS) is 12.4. The van der Waals surface area contributed by atoms with Crippen LogP contribution in [0.2, 0.25) is 0 Å². The minimum Gasteiger partial charge on any atom is -0.493 e. The zero-order chi connectivity index (χ0) is 23.0. The maximum Gasteiger partial charge on any atom is 0.276 e. The average molecular weight is 452 g/mol. The van der Waals surface area contributed by atoms with Gasteiger partial charge in [-0.15, -0.1) is 10.2 Å². The van der Waals surface area contributed by atoms with Crippen molar-refractivity contribution in [3.8, 4) is 28.6 Å². The lowest BCUT2D eigenvalue weighted by Crippen LogP contribution is -2.23. The van der Waals surface area contributed by atoms with Gasteiger partial charge in [-0.05, 0) is 34.8 Å². The van der Waals surface area contributed by atoms with Gasteiger partial charge >= 0.3 is 0 Å². The van der Waals surface area contributed by atoms with Crippen LogP contribution in [0, 0.1) is 0 Å². The number of thiazole rings is 1. The van der Waals surface area contributed by atoms with Crippen LogP contribution in [0.1, 0.15) is 31.9 Å². The molecule has 0 unspecified atom stereocenters. The Morgan fingerprint density at radius 1 is 0.938 bits per heavy atom. The lowest BCUT2D eigenvalue weighted by molar-refractivity contribution is 0.324. The summed E-state index contributed by atoms with van der Waals surface area (Å²) >= 11 is 1.31. The molecule has 2 aromatic carbocycles. The van der Waals surface area contributed by atoms with E-state index in [0.29, 0.717) is 38.1 Å². The molecule has 4 rings (SSSR count). The zero-order valence-electron chi connectivity index (χ0n) is 18.9. The van der Waals surface area contributed by atoms with Crippen molar-refractivity contribution in [2.45, 2.75) is 26.2 Å². The number of aromatic nitrogens is 3. The van der Waals surface area contributed by atoms with Crippen LogP contribution in [0.5, 0.6) is 17.2 Å². The van der Waals surface area contributed by atoms with Crippen molar-refractivity contribution < 1.29 is 14.2 Å². The second-order valence-corrected chi connectivity index (χ2v) is 9.35. The van der Waals surface area contributed by atoms with Gasteiger partial charge in [0.15, 0.2) is 17.3 Å². The molecule has 0 aliphatic heterocycles. The quantitative estimate of drug-likeness (QED) is 0.461. The fraction of sp³-hybridized carbons (Fsp3) is 0.292. The highest BCUT2D eigenvalue weighted by molar-refractivity contribution is 7.15. The standard InChI is InChI=1S/C24H25N3O4S/c1-24(2,3)16-9-7-14(8-10-16)11-19-22(28)27-21(25-26-23(27)32-19)15-12-17(29-4)20(31-6)18(13-15)30-5/h7-13H,1-6H3/b19-11+. The van der Waals surface area contributed by atoms with Crippen molar-refractivity contribution in [3.05, 3.63) is 62.4 Å². The first-order valence-corrected chi connectivity index (χ1v) is 10.9. The molecule has 0 N–H and O–H groups in total. The number of hydrogen-bond donors (Lipinski definition) is 0. The molecule has 0 aliphatic rings. The summed E-state index contributed by atoms with van der Waals surface area (Å²) in [5, 5.41) is 8.45. The Hall–Kier alpha value is -3.39. The van der Waals surface area contributed by atoms with E-state index in [1.807, 2.05) is 18.2 Å². The first kappa shape index (κ1) is 21.8. The second kappa shape index (κ2) is 8.27. The fourth-order valence-electron chi connectivity index (χ4n) is 3.49. The molecule has 0 radical (unpaired) electrons. The molecule has 0 spiro atoms. The number of nitrogens with zero attached hydrogens (tertiary/aromatic N) is 3. The third kappa shape index (κ3) is 3.82. The zero-order valence-corrected chi connectivity index (χ0v) is 19.7. The molecule has 0 saturated carbocycles. The number of ether oxygens (including phenoxy) is 3. The predicted octanol–water partition coefficient (Wildman–Crippen LogP) is 3.69. The van der Waals surface area contributed by atoms with E-state index in [1.54, 1.807) is 33.5 Å². The molecule has 4 aromatic rings.